The second-order valence-electron chi connectivity index (χ2n) is 7.76. The van der Waals surface area contributed by atoms with Crippen LogP contribution in [0.15, 0.2) is 70.6 Å². The molecule has 0 fully saturated rings. The summed E-state index contributed by atoms with van der Waals surface area (Å²) in [6.45, 7) is 8.84. The van der Waals surface area contributed by atoms with Crippen LogP contribution in [-0.2, 0) is 0 Å². The first-order valence-electron chi connectivity index (χ1n) is 9.80. The molecule has 3 aromatic rings. The van der Waals surface area contributed by atoms with Gasteiger partial charge in [-0.15, -0.1) is 0 Å². The minimum Gasteiger partial charge on any atom is -0.338 e. The number of hydrogen-bond acceptors (Lipinski definition) is 2. The van der Waals surface area contributed by atoms with Crippen LogP contribution >= 0.6 is 11.8 Å². The topological polar surface area (TPSA) is 7.12 Å². The highest BCUT2D eigenvalue weighted by molar-refractivity contribution is 8.03. The molecule has 1 aliphatic rings. The minimum atomic E-state index is 0.556. The van der Waals surface area contributed by atoms with E-state index in [1.807, 2.05) is 11.8 Å². The summed E-state index contributed by atoms with van der Waals surface area (Å²) >= 11 is 1.84. The number of aromatic nitrogens is 1. The van der Waals surface area contributed by atoms with Crippen molar-refractivity contribution in [1.29, 1.82) is 0 Å². The highest BCUT2D eigenvalue weighted by Gasteiger charge is 2.22. The van der Waals surface area contributed by atoms with E-state index in [4.69, 9.17) is 0 Å². The predicted octanol–water partition coefficient (Wildman–Crippen LogP) is 6.24. The average molecular weight is 388 g/mol. The van der Waals surface area contributed by atoms with E-state index in [-0.39, 0.29) is 0 Å². The lowest BCUT2D eigenvalue weighted by atomic mass is 10.0. The van der Waals surface area contributed by atoms with E-state index in [2.05, 4.69) is 111 Å². The van der Waals surface area contributed by atoms with Crippen molar-refractivity contribution in [2.45, 2.75) is 38.5 Å². The molecule has 142 valence electrons. The van der Waals surface area contributed by atoms with Crippen LogP contribution < -0.4 is 9.47 Å². The summed E-state index contributed by atoms with van der Waals surface area (Å²) in [6.07, 6.45) is 2.29. The first kappa shape index (κ1) is 18.8. The number of pyridine rings is 1. The van der Waals surface area contributed by atoms with E-state index in [9.17, 15) is 0 Å². The van der Waals surface area contributed by atoms with Gasteiger partial charge in [0.1, 0.15) is 0 Å². The number of nitrogens with zero attached hydrogens (tertiary/aromatic N) is 2. The fourth-order valence-electron chi connectivity index (χ4n) is 3.82. The Labute approximate surface area is 172 Å². The third-order valence-electron chi connectivity index (χ3n) is 5.34. The van der Waals surface area contributed by atoms with Gasteiger partial charge in [0.15, 0.2) is 11.4 Å². The van der Waals surface area contributed by atoms with Crippen LogP contribution in [-0.4, -0.2) is 7.05 Å². The summed E-state index contributed by atoms with van der Waals surface area (Å²) in [7, 11) is 2.14. The molecule has 2 heterocycles. The van der Waals surface area contributed by atoms with Crippen LogP contribution in [0, 0.1) is 13.8 Å². The van der Waals surface area contributed by atoms with Gasteiger partial charge in [-0.25, -0.2) is 0 Å². The molecule has 3 heteroatoms. The molecule has 0 atom stereocenters. The summed E-state index contributed by atoms with van der Waals surface area (Å²) in [4.78, 5) is 3.59. The second-order valence-corrected chi connectivity index (χ2v) is 8.83. The van der Waals surface area contributed by atoms with E-state index in [0.717, 1.165) is 0 Å². The molecule has 0 spiro atoms. The molecule has 0 radical (unpaired) electrons. The lowest BCUT2D eigenvalue weighted by Crippen LogP contribution is -2.37. The van der Waals surface area contributed by atoms with Gasteiger partial charge in [0, 0.05) is 50.1 Å². The van der Waals surface area contributed by atoms with Crippen molar-refractivity contribution < 1.29 is 4.57 Å². The Kier molecular flexibility index (Phi) is 5.03. The summed E-state index contributed by atoms with van der Waals surface area (Å²) in [5.74, 6) is 0.556. The molecule has 4 rings (SSSR count). The van der Waals surface area contributed by atoms with Gasteiger partial charge in [0.05, 0.1) is 10.7 Å². The molecule has 1 aromatic heterocycles. The third kappa shape index (κ3) is 3.47. The Balaban J connectivity index is 1.67. The van der Waals surface area contributed by atoms with E-state index in [1.54, 1.807) is 0 Å². The van der Waals surface area contributed by atoms with E-state index in [0.29, 0.717) is 5.92 Å². The monoisotopic (exact) mass is 387 g/mol. The van der Waals surface area contributed by atoms with Crippen LogP contribution in [0.4, 0.5) is 5.69 Å². The first-order chi connectivity index (χ1) is 13.4. The quantitative estimate of drug-likeness (QED) is 0.491. The SMILES string of the molecule is Cc1cc(/C=C2\Sc3ccccc3N2C)cc(C)[n+]1-c1ccc(C(C)C)cc1. The zero-order valence-electron chi connectivity index (χ0n) is 17.2. The van der Waals surface area contributed by atoms with Crippen LogP contribution in [0.3, 0.4) is 0 Å². The molecule has 1 aliphatic heterocycles. The maximum absolute atomic E-state index is 2.33. The number of fused-ring (bicyclic) bond motifs is 1. The van der Waals surface area contributed by atoms with E-state index < -0.39 is 0 Å². The number of anilines is 1. The summed E-state index contributed by atoms with van der Waals surface area (Å²) in [5, 5.41) is 1.26. The van der Waals surface area contributed by atoms with Crippen molar-refractivity contribution >= 4 is 23.5 Å². The highest BCUT2D eigenvalue weighted by Crippen LogP contribution is 2.45. The number of rotatable bonds is 3. The Morgan fingerprint density at radius 2 is 1.57 bits per heavy atom. The number of benzene rings is 2. The van der Waals surface area contributed by atoms with Crippen molar-refractivity contribution in [3.8, 4) is 5.69 Å². The smallest absolute Gasteiger partial charge is 0.211 e. The van der Waals surface area contributed by atoms with Gasteiger partial charge in [0.25, 0.3) is 0 Å². The molecule has 2 nitrogen and oxygen atoms in total. The summed E-state index contributed by atoms with van der Waals surface area (Å²) in [5.41, 5.74) is 7.61. The first-order valence-corrected chi connectivity index (χ1v) is 10.6. The molecule has 0 N–H and O–H groups in total. The molecular weight excluding hydrogens is 360 g/mol. The fraction of sp³-hybridized carbons (Fsp3) is 0.240. The van der Waals surface area contributed by atoms with Crippen LogP contribution in [0.5, 0.6) is 0 Å². The Morgan fingerprint density at radius 3 is 2.18 bits per heavy atom. The van der Waals surface area contributed by atoms with Gasteiger partial charge in [0.2, 0.25) is 5.69 Å². The molecule has 0 aliphatic carbocycles. The zero-order valence-corrected chi connectivity index (χ0v) is 18.0. The van der Waals surface area contributed by atoms with E-state index in [1.165, 1.54) is 43.8 Å². The van der Waals surface area contributed by atoms with Crippen molar-refractivity contribution in [2.75, 3.05) is 11.9 Å². The summed E-state index contributed by atoms with van der Waals surface area (Å²) in [6, 6.07) is 22.0. The summed E-state index contributed by atoms with van der Waals surface area (Å²) < 4.78 is 2.33. The molecule has 0 bridgehead atoms. The average Bonchev–Trinajstić information content (AvgIpc) is 2.97. The molecule has 28 heavy (non-hydrogen) atoms. The minimum absolute atomic E-state index is 0.556. The van der Waals surface area contributed by atoms with Crippen LogP contribution in [0.1, 0.15) is 42.3 Å². The van der Waals surface area contributed by atoms with Crippen molar-refractivity contribution in [3.05, 3.63) is 88.2 Å². The van der Waals surface area contributed by atoms with Gasteiger partial charge in [-0.2, -0.15) is 4.57 Å². The highest BCUT2D eigenvalue weighted by atomic mass is 32.2. The predicted molar refractivity (Wildman–Crippen MR) is 120 cm³/mol. The van der Waals surface area contributed by atoms with Crippen LogP contribution in [0.25, 0.3) is 11.8 Å². The number of hydrogen-bond donors (Lipinski definition) is 0. The Bertz CT molecular complexity index is 1030. The van der Waals surface area contributed by atoms with Gasteiger partial charge in [-0.05, 0) is 35.3 Å². The lowest BCUT2D eigenvalue weighted by Gasteiger charge is -2.13. The maximum Gasteiger partial charge on any atom is 0.211 e. The van der Waals surface area contributed by atoms with Crippen LogP contribution in [0.2, 0.25) is 0 Å². The zero-order chi connectivity index (χ0) is 19.8. The van der Waals surface area contributed by atoms with Gasteiger partial charge >= 0.3 is 0 Å². The number of thioether (sulfide) groups is 1. The van der Waals surface area contributed by atoms with Gasteiger partial charge < -0.3 is 4.90 Å². The molecular formula is C25H27N2S+. The Hall–Kier alpha value is -2.52. The van der Waals surface area contributed by atoms with E-state index >= 15 is 0 Å². The van der Waals surface area contributed by atoms with Gasteiger partial charge in [-0.3, -0.25) is 0 Å². The second kappa shape index (κ2) is 7.48. The van der Waals surface area contributed by atoms with Crippen molar-refractivity contribution in [3.63, 3.8) is 0 Å². The third-order valence-corrected chi connectivity index (χ3v) is 6.50. The largest absolute Gasteiger partial charge is 0.338 e. The Morgan fingerprint density at radius 1 is 0.929 bits per heavy atom. The maximum atomic E-state index is 2.33. The van der Waals surface area contributed by atoms with Crippen molar-refractivity contribution in [1.82, 2.24) is 0 Å². The number of aryl methyl sites for hydroxylation is 2. The number of para-hydroxylation sites is 1. The molecule has 0 unspecified atom stereocenters. The molecule has 0 saturated carbocycles. The van der Waals surface area contributed by atoms with Gasteiger partial charge in [-0.1, -0.05) is 49.9 Å². The molecule has 2 aromatic carbocycles. The normalized spacial score (nSPS) is 14.8. The molecule has 0 saturated heterocycles. The standard InChI is InChI=1S/C25H27N2S/c1-17(2)21-10-12-22(13-11-21)27-18(3)14-20(15-19(27)4)16-25-26(5)23-8-6-7-9-24(23)28-25/h6-17H,1-5H3/q+1. The molecule has 0 amide bonds. The fourth-order valence-corrected chi connectivity index (χ4v) is 4.93. The van der Waals surface area contributed by atoms with Crippen molar-refractivity contribution in [2.24, 2.45) is 0 Å². The lowest BCUT2D eigenvalue weighted by molar-refractivity contribution is -0.609.